The Balaban J connectivity index is 2.57. The first-order valence-electron chi connectivity index (χ1n) is 5.72. The smallest absolute Gasteiger partial charge is 0.271 e. The van der Waals surface area contributed by atoms with Gasteiger partial charge in [0.15, 0.2) is 0 Å². The van der Waals surface area contributed by atoms with Crippen molar-refractivity contribution in [3.8, 4) is 11.3 Å². The van der Waals surface area contributed by atoms with Crippen LogP contribution in [0.15, 0.2) is 35.1 Å². The zero-order chi connectivity index (χ0) is 13.1. The topological polar surface area (TPSA) is 60.9 Å². The molecule has 5 heteroatoms. The van der Waals surface area contributed by atoms with Gasteiger partial charge in [-0.1, -0.05) is 0 Å². The molecule has 0 amide bonds. The monoisotopic (exact) mass is 247 g/mol. The lowest BCUT2D eigenvalue weighted by molar-refractivity contribution is 0.610. The molecule has 4 nitrogen and oxygen atoms in total. The van der Waals surface area contributed by atoms with Crippen molar-refractivity contribution in [1.29, 1.82) is 0 Å². The Bertz CT molecular complexity index is 576. The normalized spacial score (nSPS) is 10.6. The van der Waals surface area contributed by atoms with Crippen molar-refractivity contribution >= 4 is 0 Å². The van der Waals surface area contributed by atoms with Crippen LogP contribution in [0.1, 0.15) is 12.5 Å². The van der Waals surface area contributed by atoms with Crippen LogP contribution >= 0.6 is 0 Å². The van der Waals surface area contributed by atoms with Crippen LogP contribution in [0.2, 0.25) is 0 Å². The summed E-state index contributed by atoms with van der Waals surface area (Å²) in [6.07, 6.45) is 0. The summed E-state index contributed by atoms with van der Waals surface area (Å²) in [7, 11) is 0. The van der Waals surface area contributed by atoms with Crippen LogP contribution in [-0.4, -0.2) is 9.78 Å². The lowest BCUT2D eigenvalue weighted by atomic mass is 10.1. The number of hydrogen-bond acceptors (Lipinski definition) is 3. The van der Waals surface area contributed by atoms with E-state index in [1.54, 1.807) is 18.2 Å². The number of rotatable bonds is 3. The predicted molar refractivity (Wildman–Crippen MR) is 67.5 cm³/mol. The molecule has 0 atom stereocenters. The average Bonchev–Trinajstić information content (AvgIpc) is 2.40. The molecule has 0 unspecified atom stereocenters. The summed E-state index contributed by atoms with van der Waals surface area (Å²) < 4.78 is 14.2. The van der Waals surface area contributed by atoms with Crippen LogP contribution in [-0.2, 0) is 13.1 Å². The number of aromatic nitrogens is 2. The van der Waals surface area contributed by atoms with Crippen LogP contribution in [0, 0.1) is 5.82 Å². The first-order valence-corrected chi connectivity index (χ1v) is 5.72. The van der Waals surface area contributed by atoms with E-state index in [1.807, 2.05) is 6.92 Å². The van der Waals surface area contributed by atoms with Crippen molar-refractivity contribution in [2.24, 2.45) is 5.73 Å². The van der Waals surface area contributed by atoms with Gasteiger partial charge >= 0.3 is 0 Å². The molecular formula is C13H14FN3O. The number of halogens is 1. The van der Waals surface area contributed by atoms with Gasteiger partial charge in [-0.2, -0.15) is 5.10 Å². The minimum absolute atomic E-state index is 0.162. The van der Waals surface area contributed by atoms with E-state index in [0.29, 0.717) is 17.8 Å². The van der Waals surface area contributed by atoms with Crippen molar-refractivity contribution < 1.29 is 4.39 Å². The van der Waals surface area contributed by atoms with E-state index in [2.05, 4.69) is 5.10 Å². The highest BCUT2D eigenvalue weighted by Crippen LogP contribution is 2.16. The lowest BCUT2D eigenvalue weighted by Crippen LogP contribution is -2.27. The zero-order valence-electron chi connectivity index (χ0n) is 10.1. The molecule has 0 fully saturated rings. The van der Waals surface area contributed by atoms with Gasteiger partial charge in [0.25, 0.3) is 5.56 Å². The van der Waals surface area contributed by atoms with E-state index in [4.69, 9.17) is 5.73 Å². The zero-order valence-corrected chi connectivity index (χ0v) is 10.1. The van der Waals surface area contributed by atoms with Gasteiger partial charge in [0, 0.05) is 24.2 Å². The van der Waals surface area contributed by atoms with Gasteiger partial charge in [0.2, 0.25) is 0 Å². The molecule has 0 bridgehead atoms. The second-order valence-electron chi connectivity index (χ2n) is 3.89. The molecule has 0 aliphatic heterocycles. The quantitative estimate of drug-likeness (QED) is 0.894. The third-order valence-corrected chi connectivity index (χ3v) is 2.71. The molecule has 2 aromatic rings. The van der Waals surface area contributed by atoms with Gasteiger partial charge in [0.05, 0.1) is 5.69 Å². The van der Waals surface area contributed by atoms with Crippen molar-refractivity contribution in [1.82, 2.24) is 9.78 Å². The average molecular weight is 247 g/mol. The van der Waals surface area contributed by atoms with E-state index in [1.165, 1.54) is 16.8 Å². The van der Waals surface area contributed by atoms with Crippen molar-refractivity contribution in [2.45, 2.75) is 20.0 Å². The van der Waals surface area contributed by atoms with Gasteiger partial charge in [-0.15, -0.1) is 0 Å². The van der Waals surface area contributed by atoms with E-state index >= 15 is 0 Å². The fourth-order valence-corrected chi connectivity index (χ4v) is 1.72. The van der Waals surface area contributed by atoms with Crippen molar-refractivity contribution in [2.75, 3.05) is 0 Å². The molecule has 2 rings (SSSR count). The molecule has 0 spiro atoms. The third-order valence-electron chi connectivity index (χ3n) is 2.71. The summed E-state index contributed by atoms with van der Waals surface area (Å²) in [4.78, 5) is 11.8. The van der Waals surface area contributed by atoms with Crippen LogP contribution in [0.3, 0.4) is 0 Å². The largest absolute Gasteiger partial charge is 0.326 e. The highest BCUT2D eigenvalue weighted by molar-refractivity contribution is 5.58. The maximum absolute atomic E-state index is 12.9. The molecule has 0 aliphatic rings. The van der Waals surface area contributed by atoms with Gasteiger partial charge in [-0.3, -0.25) is 4.79 Å². The summed E-state index contributed by atoms with van der Waals surface area (Å²) in [6, 6.07) is 7.63. The Morgan fingerprint density at radius 1 is 1.33 bits per heavy atom. The first kappa shape index (κ1) is 12.4. The summed E-state index contributed by atoms with van der Waals surface area (Å²) in [5, 5.41) is 4.23. The molecule has 0 saturated heterocycles. The van der Waals surface area contributed by atoms with Gasteiger partial charge in [0.1, 0.15) is 5.82 Å². The second-order valence-corrected chi connectivity index (χ2v) is 3.89. The minimum Gasteiger partial charge on any atom is -0.326 e. The molecule has 0 saturated carbocycles. The molecule has 1 aromatic carbocycles. The maximum atomic E-state index is 12.9. The van der Waals surface area contributed by atoms with E-state index < -0.39 is 0 Å². The summed E-state index contributed by atoms with van der Waals surface area (Å²) in [6.45, 7) is 2.47. The van der Waals surface area contributed by atoms with E-state index in [9.17, 15) is 9.18 Å². The Kier molecular flexibility index (Phi) is 3.53. The Labute approximate surface area is 104 Å². The Morgan fingerprint density at radius 2 is 2.00 bits per heavy atom. The van der Waals surface area contributed by atoms with E-state index in [-0.39, 0.29) is 17.9 Å². The third kappa shape index (κ3) is 2.31. The molecule has 94 valence electrons. The van der Waals surface area contributed by atoms with Crippen LogP contribution in [0.25, 0.3) is 11.3 Å². The number of benzene rings is 1. The van der Waals surface area contributed by atoms with Gasteiger partial charge in [-0.25, -0.2) is 9.07 Å². The van der Waals surface area contributed by atoms with Crippen molar-refractivity contribution in [3.05, 3.63) is 52.1 Å². The van der Waals surface area contributed by atoms with Crippen LogP contribution in [0.5, 0.6) is 0 Å². The fourth-order valence-electron chi connectivity index (χ4n) is 1.72. The molecule has 0 radical (unpaired) electrons. The van der Waals surface area contributed by atoms with Crippen LogP contribution in [0.4, 0.5) is 4.39 Å². The van der Waals surface area contributed by atoms with Crippen molar-refractivity contribution in [3.63, 3.8) is 0 Å². The standard InChI is InChI=1S/C13H14FN3O/c1-2-17-13(18)10(8-15)7-12(16-17)9-3-5-11(14)6-4-9/h3-7H,2,8,15H2,1H3. The Morgan fingerprint density at radius 3 is 2.56 bits per heavy atom. The predicted octanol–water partition coefficient (Wildman–Crippen LogP) is 1.53. The maximum Gasteiger partial charge on any atom is 0.271 e. The SMILES string of the molecule is CCn1nc(-c2ccc(F)cc2)cc(CN)c1=O. The molecule has 18 heavy (non-hydrogen) atoms. The second kappa shape index (κ2) is 5.10. The minimum atomic E-state index is -0.304. The fraction of sp³-hybridized carbons (Fsp3) is 0.231. The van der Waals surface area contributed by atoms with Gasteiger partial charge < -0.3 is 5.73 Å². The lowest BCUT2D eigenvalue weighted by Gasteiger charge is -2.08. The number of hydrogen-bond donors (Lipinski definition) is 1. The molecule has 1 heterocycles. The highest BCUT2D eigenvalue weighted by atomic mass is 19.1. The van der Waals surface area contributed by atoms with Gasteiger partial charge in [-0.05, 0) is 37.3 Å². The Hall–Kier alpha value is -2.01. The highest BCUT2D eigenvalue weighted by Gasteiger charge is 2.08. The van der Waals surface area contributed by atoms with E-state index in [0.717, 1.165) is 5.56 Å². The first-order chi connectivity index (χ1) is 8.65. The number of nitrogens with two attached hydrogens (primary N) is 1. The number of nitrogens with zero attached hydrogens (tertiary/aromatic N) is 2. The summed E-state index contributed by atoms with van der Waals surface area (Å²) in [5.41, 5.74) is 7.25. The summed E-state index contributed by atoms with van der Waals surface area (Å²) in [5.74, 6) is -0.304. The molecule has 1 aromatic heterocycles. The molecule has 2 N–H and O–H groups in total. The van der Waals surface area contributed by atoms with Crippen LogP contribution < -0.4 is 11.3 Å². The summed E-state index contributed by atoms with van der Waals surface area (Å²) >= 11 is 0. The number of aryl methyl sites for hydroxylation is 1. The molecular weight excluding hydrogens is 233 g/mol. The molecule has 0 aliphatic carbocycles.